The van der Waals surface area contributed by atoms with Gasteiger partial charge in [0, 0.05) is 40.7 Å². The van der Waals surface area contributed by atoms with Gasteiger partial charge in [0.25, 0.3) is 5.69 Å². The molecule has 0 saturated heterocycles. The molecule has 2 aromatic rings. The van der Waals surface area contributed by atoms with E-state index in [1.54, 1.807) is 28.1 Å². The summed E-state index contributed by atoms with van der Waals surface area (Å²) < 4.78 is 67.3. The summed E-state index contributed by atoms with van der Waals surface area (Å²) >= 11 is 7.52. The number of nitro benzene ring substituents is 1. The van der Waals surface area contributed by atoms with Crippen molar-refractivity contribution in [3.63, 3.8) is 0 Å². The zero-order chi connectivity index (χ0) is 25.9. The van der Waals surface area contributed by atoms with Gasteiger partial charge in [-0.25, -0.2) is 0 Å². The van der Waals surface area contributed by atoms with Gasteiger partial charge < -0.3 is 10.2 Å². The molecule has 8 nitrogen and oxygen atoms in total. The molecule has 0 amide bonds. The molecular formula is C16H14ClF6MnN3O5P-. The Morgan fingerprint density at radius 2 is 1.30 bits per heavy atom. The first-order valence-electron chi connectivity index (χ1n) is 8.10. The van der Waals surface area contributed by atoms with Gasteiger partial charge in [0.2, 0.25) is 0 Å². The molecule has 2 aromatic carbocycles. The van der Waals surface area contributed by atoms with Crippen LogP contribution in [-0.4, -0.2) is 40.7 Å². The summed E-state index contributed by atoms with van der Waals surface area (Å²) in [4.78, 5) is 18.3. The zero-order valence-electron chi connectivity index (χ0n) is 16.0. The molecule has 2 N–H and O–H groups in total. The number of hydrogen-bond acceptors (Lipinski definition) is 7. The van der Waals surface area contributed by atoms with Crippen molar-refractivity contribution in [3.05, 3.63) is 62.7 Å². The van der Waals surface area contributed by atoms with E-state index >= 15 is 0 Å². The molecule has 0 unspecified atom stereocenters. The summed E-state index contributed by atoms with van der Waals surface area (Å²) in [6.45, 7) is 0.665. The number of nitrogens with zero attached hydrogens (tertiary/aromatic N) is 3. The van der Waals surface area contributed by atoms with Crippen LogP contribution in [0.1, 0.15) is 11.1 Å². The van der Waals surface area contributed by atoms with E-state index in [2.05, 4.69) is 9.98 Å². The molecule has 0 spiro atoms. The Bertz CT molecular complexity index is 1030. The van der Waals surface area contributed by atoms with Gasteiger partial charge in [-0.1, -0.05) is 11.6 Å². The summed E-state index contributed by atoms with van der Waals surface area (Å²) in [6.07, 6.45) is 2.84. The standard InChI is InChI=1S/C16H14ClN3O4.F6P.Mn.O/c17-13-1-3-15(21)11(7-13)9-18-5-6-19-10-12-8-14(20(23)24)2-4-16(12)22;1-7(2,3,4,5)6;;/h1-4,7-10,21-22H,5-6H2;;;/q;-1;;. The molecule has 0 aliphatic rings. The molecule has 0 heterocycles. The quantitative estimate of drug-likeness (QED) is 0.0794. The molecule has 0 fully saturated rings. The summed E-state index contributed by atoms with van der Waals surface area (Å²) in [7, 11) is -10.7. The van der Waals surface area contributed by atoms with Gasteiger partial charge in [-0.05, 0) is 24.3 Å². The van der Waals surface area contributed by atoms with E-state index in [9.17, 15) is 45.5 Å². The molecule has 0 radical (unpaired) electrons. The molecule has 0 saturated carbocycles. The van der Waals surface area contributed by atoms with Crippen LogP contribution in [0, 0.1) is 10.1 Å². The molecular weight excluding hydrogens is 550 g/mol. The monoisotopic (exact) mass is 563 g/mol. The van der Waals surface area contributed by atoms with Crippen LogP contribution in [0.5, 0.6) is 11.5 Å². The number of hydrogen-bond donors (Lipinski definition) is 2. The summed E-state index contributed by atoms with van der Waals surface area (Å²) in [6, 6.07) is 8.35. The van der Waals surface area contributed by atoms with Crippen LogP contribution in [0.3, 0.4) is 0 Å². The van der Waals surface area contributed by atoms with Crippen LogP contribution >= 0.6 is 19.4 Å². The SMILES string of the molecule is F[P-](F)(F)(F)(F)F.O=[N+]([O-])c1ccc(O)c(C=NCCN=Cc2cc(Cl)ccc2O)c1.[O]=[Mn]. The molecule has 0 atom stereocenters. The number of nitro groups is 1. The molecule has 17 heteroatoms. The minimum atomic E-state index is -10.7. The molecule has 33 heavy (non-hydrogen) atoms. The fraction of sp³-hybridized carbons (Fsp3) is 0.125. The van der Waals surface area contributed by atoms with Crippen molar-refractivity contribution in [1.29, 1.82) is 0 Å². The fourth-order valence-electron chi connectivity index (χ4n) is 1.83. The van der Waals surface area contributed by atoms with Crippen molar-refractivity contribution in [3.8, 4) is 11.5 Å². The number of phenolic OH excluding ortho intramolecular Hbond substituents is 2. The summed E-state index contributed by atoms with van der Waals surface area (Å²) in [5, 5.41) is 30.5. The van der Waals surface area contributed by atoms with Crippen molar-refractivity contribution in [2.24, 2.45) is 9.98 Å². The normalized spacial score (nSPS) is 13.3. The maximum absolute atomic E-state index is 10.7. The Morgan fingerprint density at radius 3 is 1.73 bits per heavy atom. The third-order valence-corrected chi connectivity index (χ3v) is 3.27. The van der Waals surface area contributed by atoms with E-state index in [4.69, 9.17) is 15.4 Å². The van der Waals surface area contributed by atoms with Crippen molar-refractivity contribution in [2.75, 3.05) is 13.1 Å². The van der Waals surface area contributed by atoms with Crippen LogP contribution in [0.15, 0.2) is 46.4 Å². The van der Waals surface area contributed by atoms with Crippen LogP contribution in [0.25, 0.3) is 0 Å². The van der Waals surface area contributed by atoms with Gasteiger partial charge in [0.15, 0.2) is 0 Å². The van der Waals surface area contributed by atoms with Crippen molar-refractivity contribution in [2.45, 2.75) is 0 Å². The van der Waals surface area contributed by atoms with Crippen LogP contribution in [0.4, 0.5) is 30.9 Å². The van der Waals surface area contributed by atoms with Gasteiger partial charge in [-0.15, -0.1) is 0 Å². The second-order valence-electron chi connectivity index (χ2n) is 5.73. The number of phenols is 2. The molecule has 2 rings (SSSR count). The van der Waals surface area contributed by atoms with Gasteiger partial charge >= 0.3 is 52.8 Å². The number of halogens is 7. The molecule has 0 aromatic heterocycles. The maximum atomic E-state index is 10.7. The van der Waals surface area contributed by atoms with Crippen LogP contribution in [0.2, 0.25) is 5.02 Å². The Balaban J connectivity index is 0.000000973. The third kappa shape index (κ3) is 16.7. The predicted molar refractivity (Wildman–Crippen MR) is 107 cm³/mol. The van der Waals surface area contributed by atoms with Gasteiger partial charge in [-0.3, -0.25) is 20.1 Å². The first kappa shape index (κ1) is 30.4. The van der Waals surface area contributed by atoms with Gasteiger partial charge in [0.1, 0.15) is 11.5 Å². The molecule has 0 aliphatic carbocycles. The number of aromatic hydroxyl groups is 2. The number of benzene rings is 2. The van der Waals surface area contributed by atoms with E-state index in [0.29, 0.717) is 23.7 Å². The Morgan fingerprint density at radius 1 is 0.909 bits per heavy atom. The minimum absolute atomic E-state index is 0.0770. The summed E-state index contributed by atoms with van der Waals surface area (Å²) in [5.41, 5.74) is 0.646. The molecule has 185 valence electrons. The van der Waals surface area contributed by atoms with Crippen molar-refractivity contribution < 1.29 is 60.1 Å². The average Bonchev–Trinajstić information content (AvgIpc) is 2.67. The second-order valence-corrected chi connectivity index (χ2v) is 8.09. The van der Waals surface area contributed by atoms with E-state index in [1.807, 2.05) is 0 Å². The van der Waals surface area contributed by atoms with Crippen LogP contribution < -0.4 is 0 Å². The van der Waals surface area contributed by atoms with E-state index in [1.165, 1.54) is 36.7 Å². The number of rotatable bonds is 6. The number of aliphatic imine (C=N–C) groups is 2. The first-order chi connectivity index (χ1) is 14.9. The van der Waals surface area contributed by atoms with Crippen molar-refractivity contribution in [1.82, 2.24) is 0 Å². The van der Waals surface area contributed by atoms with E-state index < -0.39 is 12.7 Å². The summed E-state index contributed by atoms with van der Waals surface area (Å²) in [5.74, 6) is -0.00938. The van der Waals surface area contributed by atoms with Crippen molar-refractivity contribution >= 4 is 37.5 Å². The second kappa shape index (κ2) is 11.5. The third-order valence-electron chi connectivity index (χ3n) is 3.03. The topological polar surface area (TPSA) is 125 Å². The van der Waals surface area contributed by atoms with E-state index in [-0.39, 0.29) is 22.7 Å². The van der Waals surface area contributed by atoms with Crippen LogP contribution in [-0.2, 0) is 19.8 Å². The Kier molecular flexibility index (Phi) is 10.6. The Hall–Kier alpha value is -2.60. The predicted octanol–water partition coefficient (Wildman–Crippen LogP) is 6.46. The average molecular weight is 564 g/mol. The molecule has 0 bridgehead atoms. The van der Waals surface area contributed by atoms with Gasteiger partial charge in [-0.2, -0.15) is 0 Å². The molecule has 0 aliphatic heterocycles. The first-order valence-corrected chi connectivity index (χ1v) is 11.0. The Labute approximate surface area is 195 Å². The van der Waals surface area contributed by atoms with E-state index in [0.717, 1.165) is 0 Å². The van der Waals surface area contributed by atoms with Gasteiger partial charge in [0.05, 0.1) is 18.0 Å². The zero-order valence-corrected chi connectivity index (χ0v) is 18.8. The number of non-ortho nitro benzene ring substituents is 1. The fourth-order valence-corrected chi connectivity index (χ4v) is 2.01.